The first-order valence-electron chi connectivity index (χ1n) is 9.26. The fraction of sp³-hybridized carbons (Fsp3) is 0.409. The SMILES string of the molecule is CCCCN1C(=O)CC[C@@H](Sc2ccc(C)cc2)[C@H]1c1ccccc1. The summed E-state index contributed by atoms with van der Waals surface area (Å²) in [5.41, 5.74) is 2.55. The van der Waals surface area contributed by atoms with Gasteiger partial charge in [0.15, 0.2) is 0 Å². The van der Waals surface area contributed by atoms with E-state index >= 15 is 0 Å². The number of benzene rings is 2. The molecular formula is C22H27NOS. The number of hydrogen-bond donors (Lipinski definition) is 0. The van der Waals surface area contributed by atoms with Gasteiger partial charge in [0.1, 0.15) is 0 Å². The average Bonchev–Trinajstić information content (AvgIpc) is 2.64. The van der Waals surface area contributed by atoms with E-state index < -0.39 is 0 Å². The van der Waals surface area contributed by atoms with Crippen molar-refractivity contribution in [2.24, 2.45) is 0 Å². The summed E-state index contributed by atoms with van der Waals surface area (Å²) in [4.78, 5) is 16.1. The van der Waals surface area contributed by atoms with E-state index in [1.54, 1.807) is 0 Å². The van der Waals surface area contributed by atoms with Crippen molar-refractivity contribution < 1.29 is 4.79 Å². The Balaban J connectivity index is 1.88. The van der Waals surface area contributed by atoms with E-state index in [0.717, 1.165) is 25.8 Å². The highest BCUT2D eigenvalue weighted by Crippen LogP contribution is 2.42. The molecule has 1 aliphatic rings. The molecule has 0 N–H and O–H groups in total. The number of nitrogens with zero attached hydrogens (tertiary/aromatic N) is 1. The normalized spacial score (nSPS) is 20.7. The van der Waals surface area contributed by atoms with Crippen molar-refractivity contribution in [3.63, 3.8) is 0 Å². The van der Waals surface area contributed by atoms with Crippen LogP contribution in [0.1, 0.15) is 49.8 Å². The molecule has 2 nitrogen and oxygen atoms in total. The van der Waals surface area contributed by atoms with E-state index in [-0.39, 0.29) is 6.04 Å². The lowest BCUT2D eigenvalue weighted by atomic mass is 9.94. The second-order valence-electron chi connectivity index (χ2n) is 6.80. The maximum absolute atomic E-state index is 12.6. The summed E-state index contributed by atoms with van der Waals surface area (Å²) in [6.45, 7) is 5.16. The van der Waals surface area contributed by atoms with Crippen molar-refractivity contribution in [3.05, 3.63) is 65.7 Å². The molecule has 2 aromatic carbocycles. The first-order chi connectivity index (χ1) is 12.2. The number of thioether (sulfide) groups is 1. The number of likely N-dealkylation sites (tertiary alicyclic amines) is 1. The van der Waals surface area contributed by atoms with Crippen molar-refractivity contribution in [3.8, 4) is 0 Å². The fourth-order valence-electron chi connectivity index (χ4n) is 3.48. The zero-order valence-corrected chi connectivity index (χ0v) is 16.0. The predicted octanol–water partition coefficient (Wildman–Crippen LogP) is 5.62. The molecule has 1 aliphatic heterocycles. The van der Waals surface area contributed by atoms with Crippen molar-refractivity contribution in [1.82, 2.24) is 4.90 Å². The number of carbonyl (C=O) groups is 1. The van der Waals surface area contributed by atoms with Gasteiger partial charge in [0, 0.05) is 23.1 Å². The Morgan fingerprint density at radius 1 is 1.08 bits per heavy atom. The molecule has 1 amide bonds. The summed E-state index contributed by atoms with van der Waals surface area (Å²) in [5.74, 6) is 0.308. The van der Waals surface area contributed by atoms with Gasteiger partial charge in [-0.15, -0.1) is 11.8 Å². The summed E-state index contributed by atoms with van der Waals surface area (Å²) in [5, 5.41) is 0.402. The van der Waals surface area contributed by atoms with Crippen molar-refractivity contribution in [2.75, 3.05) is 6.54 Å². The molecule has 0 spiro atoms. The number of aryl methyl sites for hydroxylation is 1. The third kappa shape index (κ3) is 4.46. The molecule has 2 atom stereocenters. The Morgan fingerprint density at radius 2 is 1.80 bits per heavy atom. The van der Waals surface area contributed by atoms with E-state index in [1.807, 2.05) is 17.8 Å². The molecule has 0 unspecified atom stereocenters. The van der Waals surface area contributed by atoms with Crippen molar-refractivity contribution in [1.29, 1.82) is 0 Å². The summed E-state index contributed by atoms with van der Waals surface area (Å²) in [6.07, 6.45) is 3.79. The van der Waals surface area contributed by atoms with Gasteiger partial charge < -0.3 is 4.90 Å². The van der Waals surface area contributed by atoms with E-state index in [9.17, 15) is 4.79 Å². The Bertz CT molecular complexity index is 683. The Labute approximate surface area is 155 Å². The largest absolute Gasteiger partial charge is 0.335 e. The molecule has 1 fully saturated rings. The molecule has 0 aliphatic carbocycles. The van der Waals surface area contributed by atoms with E-state index in [1.165, 1.54) is 16.0 Å². The second-order valence-corrected chi connectivity index (χ2v) is 8.12. The van der Waals surface area contributed by atoms with Gasteiger partial charge in [-0.05, 0) is 37.5 Å². The summed E-state index contributed by atoms with van der Waals surface area (Å²) in [6, 6.07) is 19.5. The summed E-state index contributed by atoms with van der Waals surface area (Å²) >= 11 is 1.92. The highest BCUT2D eigenvalue weighted by atomic mass is 32.2. The second kappa shape index (κ2) is 8.57. The van der Waals surface area contributed by atoms with Crippen LogP contribution in [-0.4, -0.2) is 22.6 Å². The minimum Gasteiger partial charge on any atom is -0.335 e. The standard InChI is InChI=1S/C22H27NOS/c1-3-4-16-23-21(24)15-14-20(22(23)18-8-6-5-7-9-18)25-19-12-10-17(2)11-13-19/h5-13,20,22H,3-4,14-16H2,1-2H3/t20-,22-/m1/s1. The molecule has 25 heavy (non-hydrogen) atoms. The van der Waals surface area contributed by atoms with Crippen LogP contribution in [0.15, 0.2) is 59.5 Å². The minimum atomic E-state index is 0.167. The van der Waals surface area contributed by atoms with Crippen LogP contribution in [0, 0.1) is 6.92 Å². The average molecular weight is 354 g/mol. The van der Waals surface area contributed by atoms with Crippen LogP contribution in [0.25, 0.3) is 0 Å². The number of hydrogen-bond acceptors (Lipinski definition) is 2. The van der Waals surface area contributed by atoms with Gasteiger partial charge in [-0.3, -0.25) is 4.79 Å². The van der Waals surface area contributed by atoms with Crippen LogP contribution in [-0.2, 0) is 4.79 Å². The molecule has 0 bridgehead atoms. The minimum absolute atomic E-state index is 0.167. The highest BCUT2D eigenvalue weighted by molar-refractivity contribution is 8.00. The van der Waals surface area contributed by atoms with Gasteiger partial charge in [-0.1, -0.05) is 61.4 Å². The Kier molecular flexibility index (Phi) is 6.19. The molecule has 3 rings (SSSR count). The van der Waals surface area contributed by atoms with Gasteiger partial charge in [0.25, 0.3) is 0 Å². The first-order valence-corrected chi connectivity index (χ1v) is 10.1. The number of unbranched alkanes of at least 4 members (excludes halogenated alkanes) is 1. The van der Waals surface area contributed by atoms with Crippen molar-refractivity contribution in [2.45, 2.75) is 55.7 Å². The van der Waals surface area contributed by atoms with Crippen molar-refractivity contribution >= 4 is 17.7 Å². The van der Waals surface area contributed by atoms with Crippen LogP contribution >= 0.6 is 11.8 Å². The van der Waals surface area contributed by atoms with Gasteiger partial charge in [0.05, 0.1) is 6.04 Å². The van der Waals surface area contributed by atoms with E-state index in [4.69, 9.17) is 0 Å². The zero-order valence-electron chi connectivity index (χ0n) is 15.2. The lowest BCUT2D eigenvalue weighted by Crippen LogP contribution is -2.44. The van der Waals surface area contributed by atoms with Crippen LogP contribution in [0.4, 0.5) is 0 Å². The van der Waals surface area contributed by atoms with Gasteiger partial charge in [-0.25, -0.2) is 0 Å². The van der Waals surface area contributed by atoms with E-state index in [2.05, 4.69) is 67.3 Å². The fourth-order valence-corrected chi connectivity index (χ4v) is 4.79. The van der Waals surface area contributed by atoms with Crippen LogP contribution in [0.3, 0.4) is 0 Å². The molecule has 3 heteroatoms. The van der Waals surface area contributed by atoms with Gasteiger partial charge >= 0.3 is 0 Å². The maximum Gasteiger partial charge on any atom is 0.223 e. The number of carbonyl (C=O) groups excluding carboxylic acids is 1. The Morgan fingerprint density at radius 3 is 2.48 bits per heavy atom. The molecule has 2 aromatic rings. The van der Waals surface area contributed by atoms with E-state index in [0.29, 0.717) is 17.6 Å². The zero-order chi connectivity index (χ0) is 17.6. The molecular weight excluding hydrogens is 326 g/mol. The van der Waals surface area contributed by atoms with Crippen LogP contribution in [0.5, 0.6) is 0 Å². The highest BCUT2D eigenvalue weighted by Gasteiger charge is 2.36. The van der Waals surface area contributed by atoms with Crippen LogP contribution in [0.2, 0.25) is 0 Å². The summed E-state index contributed by atoms with van der Waals surface area (Å²) in [7, 11) is 0. The molecule has 0 aromatic heterocycles. The molecule has 1 heterocycles. The Hall–Kier alpha value is -1.74. The lowest BCUT2D eigenvalue weighted by Gasteiger charge is -2.41. The number of piperidine rings is 1. The molecule has 0 saturated carbocycles. The third-order valence-corrected chi connectivity index (χ3v) is 6.19. The summed E-state index contributed by atoms with van der Waals surface area (Å²) < 4.78 is 0. The van der Waals surface area contributed by atoms with Crippen LogP contribution < -0.4 is 0 Å². The number of amides is 1. The quantitative estimate of drug-likeness (QED) is 0.672. The molecule has 0 radical (unpaired) electrons. The third-order valence-electron chi connectivity index (χ3n) is 4.85. The van der Waals surface area contributed by atoms with Gasteiger partial charge in [0.2, 0.25) is 5.91 Å². The predicted molar refractivity (Wildman–Crippen MR) is 106 cm³/mol. The smallest absolute Gasteiger partial charge is 0.223 e. The van der Waals surface area contributed by atoms with Gasteiger partial charge in [-0.2, -0.15) is 0 Å². The first kappa shape index (κ1) is 18.1. The monoisotopic (exact) mass is 353 g/mol. The molecule has 132 valence electrons. The molecule has 1 saturated heterocycles. The lowest BCUT2D eigenvalue weighted by molar-refractivity contribution is -0.136. The maximum atomic E-state index is 12.6. The topological polar surface area (TPSA) is 20.3 Å². The number of rotatable bonds is 6.